The van der Waals surface area contributed by atoms with Crippen LogP contribution in [-0.4, -0.2) is 27.2 Å². The van der Waals surface area contributed by atoms with Crippen LogP contribution in [-0.2, 0) is 0 Å². The molecule has 0 aliphatic heterocycles. The molecule has 0 unspecified atom stereocenters. The van der Waals surface area contributed by atoms with Crippen LogP contribution in [0.2, 0.25) is 0 Å². The van der Waals surface area contributed by atoms with Gasteiger partial charge in [0.05, 0.1) is 5.69 Å². The summed E-state index contributed by atoms with van der Waals surface area (Å²) in [6.45, 7) is 5.79. The zero-order chi connectivity index (χ0) is 25.0. The van der Waals surface area contributed by atoms with E-state index in [4.69, 9.17) is 0 Å². The second kappa shape index (κ2) is 9.72. The van der Waals surface area contributed by atoms with E-state index in [0.29, 0.717) is 28.5 Å². The van der Waals surface area contributed by atoms with Gasteiger partial charge in [0.2, 0.25) is 0 Å². The Kier molecular flexibility index (Phi) is 6.54. The molecule has 0 saturated heterocycles. The van der Waals surface area contributed by atoms with Gasteiger partial charge in [-0.25, -0.2) is 14.5 Å². The van der Waals surface area contributed by atoms with Gasteiger partial charge >= 0.3 is 12.4 Å². The Balaban J connectivity index is 1.41. The van der Waals surface area contributed by atoms with Crippen LogP contribution in [0.15, 0.2) is 85.7 Å². The lowest BCUT2D eigenvalue weighted by Crippen LogP contribution is -2.20. The van der Waals surface area contributed by atoms with Crippen LogP contribution in [0.3, 0.4) is 0 Å². The zero-order valence-corrected chi connectivity index (χ0v) is 18.5. The first-order valence-electron chi connectivity index (χ1n) is 10.4. The summed E-state index contributed by atoms with van der Waals surface area (Å²) in [6, 6.07) is 19.2. The van der Waals surface area contributed by atoms with Gasteiger partial charge in [-0.2, -0.15) is 0 Å². The van der Waals surface area contributed by atoms with Crippen LogP contribution in [0.1, 0.15) is 12.5 Å². The average molecular weight is 479 g/mol. The highest BCUT2D eigenvalue weighted by atomic mass is 19.4. The molecule has 1 heterocycles. The van der Waals surface area contributed by atoms with Crippen LogP contribution in [0.4, 0.5) is 29.3 Å². The van der Waals surface area contributed by atoms with E-state index in [1.54, 1.807) is 30.3 Å². The van der Waals surface area contributed by atoms with Crippen molar-refractivity contribution < 1.29 is 22.7 Å². The molecule has 0 fully saturated rings. The summed E-state index contributed by atoms with van der Waals surface area (Å²) in [4.78, 5) is 16.7. The molecule has 7 nitrogen and oxygen atoms in total. The Hall–Kier alpha value is -4.60. The molecule has 0 radical (unpaired) electrons. The molecule has 4 aromatic rings. The minimum absolute atomic E-state index is 0.322. The van der Waals surface area contributed by atoms with Crippen LogP contribution in [0, 0.1) is 0 Å². The van der Waals surface area contributed by atoms with Crippen molar-refractivity contribution in [1.29, 1.82) is 0 Å². The van der Waals surface area contributed by atoms with Crippen LogP contribution >= 0.6 is 0 Å². The fourth-order valence-electron chi connectivity index (χ4n) is 3.27. The molecule has 0 aliphatic rings. The molecule has 0 bridgehead atoms. The summed E-state index contributed by atoms with van der Waals surface area (Å²) in [6.07, 6.45) is -3.30. The number of carbonyl (C=O) groups is 1. The number of alkyl halides is 3. The summed E-state index contributed by atoms with van der Waals surface area (Å²) >= 11 is 0. The second-order valence-corrected chi connectivity index (χ2v) is 7.54. The largest absolute Gasteiger partial charge is 0.573 e. The summed E-state index contributed by atoms with van der Waals surface area (Å²) in [5.74, 6) is 0.0869. The van der Waals surface area contributed by atoms with Crippen LogP contribution in [0.5, 0.6) is 5.75 Å². The van der Waals surface area contributed by atoms with Crippen molar-refractivity contribution >= 4 is 23.0 Å². The Morgan fingerprint density at radius 1 is 0.971 bits per heavy atom. The number of aromatic nitrogens is 3. The molecule has 0 aliphatic carbocycles. The lowest BCUT2D eigenvalue weighted by Gasteiger charge is -2.12. The third-order valence-corrected chi connectivity index (χ3v) is 4.86. The maximum atomic E-state index is 12.4. The molecule has 178 valence electrons. The first kappa shape index (κ1) is 23.6. The van der Waals surface area contributed by atoms with Gasteiger partial charge in [-0.15, -0.1) is 18.3 Å². The summed E-state index contributed by atoms with van der Waals surface area (Å²) < 4.78 is 42.3. The predicted octanol–water partition coefficient (Wildman–Crippen LogP) is 6.51. The minimum Gasteiger partial charge on any atom is -0.406 e. The average Bonchev–Trinajstić information content (AvgIpc) is 3.29. The Bertz CT molecular complexity index is 1350. The minimum atomic E-state index is -4.75. The van der Waals surface area contributed by atoms with E-state index >= 15 is 0 Å². The van der Waals surface area contributed by atoms with Gasteiger partial charge in [0, 0.05) is 22.5 Å². The normalized spacial score (nSPS) is 11.1. The van der Waals surface area contributed by atoms with Gasteiger partial charge in [0.25, 0.3) is 0 Å². The number of ether oxygens (including phenoxy) is 1. The van der Waals surface area contributed by atoms with Crippen molar-refractivity contribution in [1.82, 2.24) is 14.8 Å². The number of hydrogen-bond acceptors (Lipinski definition) is 4. The van der Waals surface area contributed by atoms with E-state index in [9.17, 15) is 18.0 Å². The number of benzene rings is 3. The maximum absolute atomic E-state index is 12.4. The Morgan fingerprint density at radius 3 is 2.31 bits per heavy atom. The Labute approximate surface area is 198 Å². The number of rotatable bonds is 6. The molecule has 35 heavy (non-hydrogen) atoms. The number of amides is 2. The van der Waals surface area contributed by atoms with Gasteiger partial charge < -0.3 is 15.4 Å². The third-order valence-electron chi connectivity index (χ3n) is 4.86. The highest BCUT2D eigenvalue weighted by Gasteiger charge is 2.31. The highest BCUT2D eigenvalue weighted by molar-refractivity contribution is 6.01. The summed E-state index contributed by atoms with van der Waals surface area (Å²) in [5, 5.41) is 9.95. The first-order chi connectivity index (χ1) is 16.7. The lowest BCUT2D eigenvalue weighted by molar-refractivity contribution is -0.274. The van der Waals surface area contributed by atoms with Crippen molar-refractivity contribution in [2.24, 2.45) is 0 Å². The summed E-state index contributed by atoms with van der Waals surface area (Å²) in [5.41, 5.74) is 4.12. The van der Waals surface area contributed by atoms with Gasteiger partial charge in [-0.05, 0) is 67.1 Å². The van der Waals surface area contributed by atoms with Crippen molar-refractivity contribution in [2.75, 3.05) is 10.6 Å². The highest BCUT2D eigenvalue weighted by Crippen LogP contribution is 2.25. The molecule has 0 atom stereocenters. The number of allylic oxidation sites excluding steroid dienone is 1. The van der Waals surface area contributed by atoms with Gasteiger partial charge in [-0.3, -0.25) is 0 Å². The van der Waals surface area contributed by atoms with E-state index in [2.05, 4.69) is 32.0 Å². The third kappa shape index (κ3) is 6.05. The van der Waals surface area contributed by atoms with Gasteiger partial charge in [0.15, 0.2) is 5.82 Å². The number of carbonyl (C=O) groups excluding carboxylic acids is 1. The number of urea groups is 1. The maximum Gasteiger partial charge on any atom is 0.573 e. The molecular formula is C25H20F3N5O2. The van der Waals surface area contributed by atoms with E-state index in [0.717, 1.165) is 11.1 Å². The topological polar surface area (TPSA) is 81.1 Å². The molecule has 0 saturated carbocycles. The van der Waals surface area contributed by atoms with Gasteiger partial charge in [-0.1, -0.05) is 24.8 Å². The second-order valence-electron chi connectivity index (χ2n) is 7.54. The van der Waals surface area contributed by atoms with Gasteiger partial charge in [0.1, 0.15) is 12.1 Å². The number of nitrogens with zero attached hydrogens (tertiary/aromatic N) is 3. The molecule has 10 heteroatoms. The van der Waals surface area contributed by atoms with E-state index in [1.807, 2.05) is 25.1 Å². The molecule has 2 amide bonds. The van der Waals surface area contributed by atoms with Crippen molar-refractivity contribution in [3.63, 3.8) is 0 Å². The SMILES string of the molecule is C=C(C)c1ccccc1NC(=O)Nc1ccc(-c2ncn(-c3ccc(OC(F)(F)F)cc3)n2)cc1. The molecule has 2 N–H and O–H groups in total. The van der Waals surface area contributed by atoms with E-state index < -0.39 is 12.4 Å². The van der Waals surface area contributed by atoms with E-state index in [-0.39, 0.29) is 5.75 Å². The fraction of sp³-hybridized carbons (Fsp3) is 0.0800. The van der Waals surface area contributed by atoms with Crippen LogP contribution < -0.4 is 15.4 Å². The summed E-state index contributed by atoms with van der Waals surface area (Å²) in [7, 11) is 0. The van der Waals surface area contributed by atoms with Crippen molar-refractivity contribution in [2.45, 2.75) is 13.3 Å². The predicted molar refractivity (Wildman–Crippen MR) is 127 cm³/mol. The number of hydrogen-bond donors (Lipinski definition) is 2. The zero-order valence-electron chi connectivity index (χ0n) is 18.5. The number of para-hydroxylation sites is 1. The molecule has 0 spiro atoms. The first-order valence-corrected chi connectivity index (χ1v) is 10.4. The van der Waals surface area contributed by atoms with E-state index in [1.165, 1.54) is 35.3 Å². The number of halogens is 3. The quantitative estimate of drug-likeness (QED) is 0.330. The molecule has 3 aromatic carbocycles. The lowest BCUT2D eigenvalue weighted by atomic mass is 10.1. The number of nitrogens with one attached hydrogen (secondary N) is 2. The van der Waals surface area contributed by atoms with Crippen molar-refractivity contribution in [3.05, 3.63) is 91.3 Å². The molecule has 1 aromatic heterocycles. The Morgan fingerprint density at radius 2 is 1.66 bits per heavy atom. The standard InChI is InChI=1S/C25H20F3N5O2/c1-16(2)21-5-3-4-6-22(21)31-24(34)30-18-9-7-17(8-10-18)23-29-15-33(32-23)19-11-13-20(14-12-19)35-25(26,27)28/h3-15H,1H2,2H3,(H2,30,31,34). The van der Waals surface area contributed by atoms with Crippen molar-refractivity contribution in [3.8, 4) is 22.8 Å². The fourth-order valence-corrected chi connectivity index (χ4v) is 3.27. The number of anilines is 2. The monoisotopic (exact) mass is 479 g/mol. The smallest absolute Gasteiger partial charge is 0.406 e. The molecular weight excluding hydrogens is 459 g/mol. The van der Waals surface area contributed by atoms with Crippen LogP contribution in [0.25, 0.3) is 22.6 Å². The molecule has 4 rings (SSSR count).